The van der Waals surface area contributed by atoms with Crippen LogP contribution in [0.15, 0.2) is 10.8 Å². The van der Waals surface area contributed by atoms with Crippen LogP contribution in [0.5, 0.6) is 0 Å². The lowest BCUT2D eigenvalue weighted by Crippen LogP contribution is -2.07. The molecule has 0 bridgehead atoms. The van der Waals surface area contributed by atoms with Crippen molar-refractivity contribution in [2.24, 2.45) is 0 Å². The van der Waals surface area contributed by atoms with Crippen LogP contribution in [0.4, 0.5) is 5.69 Å². The number of nitrogens with one attached hydrogen (secondary N) is 1. The molecule has 12 heavy (non-hydrogen) atoms. The van der Waals surface area contributed by atoms with Gasteiger partial charge in [-0.2, -0.15) is 0 Å². The summed E-state index contributed by atoms with van der Waals surface area (Å²) in [5.41, 5.74) is 2.21. The van der Waals surface area contributed by atoms with Crippen molar-refractivity contribution in [2.45, 2.75) is 13.3 Å². The maximum absolute atomic E-state index is 10.2. The molecule has 0 aliphatic heterocycles. The molecule has 0 unspecified atom stereocenters. The van der Waals surface area contributed by atoms with Crippen molar-refractivity contribution in [3.05, 3.63) is 16.3 Å². The van der Waals surface area contributed by atoms with Gasteiger partial charge in [0.1, 0.15) is 0 Å². The molecule has 1 aromatic rings. The van der Waals surface area contributed by atoms with Gasteiger partial charge in [0, 0.05) is 17.6 Å². The Hall–Kier alpha value is -1.03. The van der Waals surface area contributed by atoms with Crippen molar-refractivity contribution in [3.8, 4) is 0 Å². The van der Waals surface area contributed by atoms with Crippen LogP contribution in [0.3, 0.4) is 0 Å². The number of anilines is 1. The summed E-state index contributed by atoms with van der Waals surface area (Å²) in [5.74, 6) is -0.768. The van der Waals surface area contributed by atoms with E-state index in [2.05, 4.69) is 5.32 Å². The summed E-state index contributed by atoms with van der Waals surface area (Å²) in [4.78, 5) is 10.2. The molecule has 0 saturated heterocycles. The fourth-order valence-corrected chi connectivity index (χ4v) is 1.65. The first-order valence-electron chi connectivity index (χ1n) is 3.68. The third-order valence-electron chi connectivity index (χ3n) is 1.51. The zero-order valence-corrected chi connectivity index (χ0v) is 7.65. The van der Waals surface area contributed by atoms with Crippen LogP contribution in [0.25, 0.3) is 0 Å². The third-order valence-corrected chi connectivity index (χ3v) is 2.37. The van der Waals surface area contributed by atoms with Gasteiger partial charge in [-0.15, -0.1) is 11.3 Å². The summed E-state index contributed by atoms with van der Waals surface area (Å²) >= 11 is 1.62. The molecule has 3 nitrogen and oxygen atoms in total. The number of carbonyl (C=O) groups is 1. The molecule has 0 saturated carbocycles. The second-order valence-corrected chi connectivity index (χ2v) is 3.28. The Morgan fingerprint density at radius 1 is 1.67 bits per heavy atom. The van der Waals surface area contributed by atoms with Crippen LogP contribution < -0.4 is 5.32 Å². The number of thiophene rings is 1. The predicted molar refractivity (Wildman–Crippen MR) is 49.8 cm³/mol. The Labute approximate surface area is 75.0 Å². The number of carboxylic acid groups (broad SMARTS) is 1. The minimum Gasteiger partial charge on any atom is -0.481 e. The number of aliphatic carboxylic acids is 1. The fraction of sp³-hybridized carbons (Fsp3) is 0.375. The molecule has 1 heterocycles. The van der Waals surface area contributed by atoms with Gasteiger partial charge < -0.3 is 10.4 Å². The molecule has 0 radical (unpaired) electrons. The molecular formula is C8H11NO2S. The zero-order valence-electron chi connectivity index (χ0n) is 6.83. The van der Waals surface area contributed by atoms with Crippen molar-refractivity contribution in [2.75, 3.05) is 11.9 Å². The topological polar surface area (TPSA) is 49.3 Å². The van der Waals surface area contributed by atoms with E-state index in [1.165, 1.54) is 5.56 Å². The number of hydrogen-bond donors (Lipinski definition) is 2. The van der Waals surface area contributed by atoms with Gasteiger partial charge >= 0.3 is 5.97 Å². The van der Waals surface area contributed by atoms with Gasteiger partial charge in [-0.05, 0) is 17.9 Å². The van der Waals surface area contributed by atoms with Crippen LogP contribution in [-0.4, -0.2) is 17.6 Å². The Bertz CT molecular complexity index is 270. The quantitative estimate of drug-likeness (QED) is 0.753. The molecule has 0 aliphatic rings. The van der Waals surface area contributed by atoms with E-state index in [0.717, 1.165) is 5.69 Å². The molecule has 0 aliphatic carbocycles. The molecule has 0 atom stereocenters. The molecular weight excluding hydrogens is 174 g/mol. The van der Waals surface area contributed by atoms with Crippen LogP contribution in [0, 0.1) is 6.92 Å². The molecule has 66 valence electrons. The molecule has 0 fully saturated rings. The highest BCUT2D eigenvalue weighted by atomic mass is 32.1. The van der Waals surface area contributed by atoms with E-state index in [9.17, 15) is 4.79 Å². The van der Waals surface area contributed by atoms with Gasteiger partial charge in [0.05, 0.1) is 6.42 Å². The summed E-state index contributed by atoms with van der Waals surface area (Å²) in [5, 5.41) is 15.4. The van der Waals surface area contributed by atoms with Crippen molar-refractivity contribution < 1.29 is 9.90 Å². The van der Waals surface area contributed by atoms with E-state index >= 15 is 0 Å². The van der Waals surface area contributed by atoms with Crippen LogP contribution in [-0.2, 0) is 4.79 Å². The summed E-state index contributed by atoms with van der Waals surface area (Å²) < 4.78 is 0. The monoisotopic (exact) mass is 185 g/mol. The Kier molecular flexibility index (Phi) is 3.10. The van der Waals surface area contributed by atoms with Crippen molar-refractivity contribution in [1.29, 1.82) is 0 Å². The van der Waals surface area contributed by atoms with E-state index in [0.29, 0.717) is 6.54 Å². The molecule has 2 N–H and O–H groups in total. The number of carboxylic acids is 1. The highest BCUT2D eigenvalue weighted by molar-refractivity contribution is 7.08. The average molecular weight is 185 g/mol. The van der Waals surface area contributed by atoms with E-state index in [-0.39, 0.29) is 6.42 Å². The van der Waals surface area contributed by atoms with Crippen LogP contribution in [0.1, 0.15) is 12.0 Å². The minimum absolute atomic E-state index is 0.162. The lowest BCUT2D eigenvalue weighted by molar-refractivity contribution is -0.136. The van der Waals surface area contributed by atoms with Gasteiger partial charge in [0.25, 0.3) is 0 Å². The summed E-state index contributed by atoms with van der Waals surface area (Å²) in [6, 6.07) is 0. The highest BCUT2D eigenvalue weighted by Gasteiger charge is 1.99. The first-order valence-corrected chi connectivity index (χ1v) is 4.63. The Morgan fingerprint density at radius 3 is 2.92 bits per heavy atom. The molecule has 0 spiro atoms. The van der Waals surface area contributed by atoms with Gasteiger partial charge in [-0.1, -0.05) is 0 Å². The van der Waals surface area contributed by atoms with E-state index in [1.54, 1.807) is 11.3 Å². The molecule has 1 aromatic heterocycles. The van der Waals surface area contributed by atoms with Crippen molar-refractivity contribution in [1.82, 2.24) is 0 Å². The van der Waals surface area contributed by atoms with Gasteiger partial charge in [0.15, 0.2) is 0 Å². The second-order valence-electron chi connectivity index (χ2n) is 2.54. The summed E-state index contributed by atoms with van der Waals surface area (Å²) in [7, 11) is 0. The molecule has 4 heteroatoms. The third kappa shape index (κ3) is 2.54. The number of hydrogen-bond acceptors (Lipinski definition) is 3. The summed E-state index contributed by atoms with van der Waals surface area (Å²) in [6.45, 7) is 2.49. The Morgan fingerprint density at radius 2 is 2.42 bits per heavy atom. The first-order chi connectivity index (χ1) is 5.70. The van der Waals surface area contributed by atoms with Crippen molar-refractivity contribution in [3.63, 3.8) is 0 Å². The SMILES string of the molecule is Cc1cscc1NCCC(=O)O. The van der Waals surface area contributed by atoms with E-state index < -0.39 is 5.97 Å². The van der Waals surface area contributed by atoms with Gasteiger partial charge in [0.2, 0.25) is 0 Å². The Balaban J connectivity index is 2.33. The molecule has 0 amide bonds. The standard InChI is InChI=1S/C8H11NO2S/c1-6-4-12-5-7(6)9-3-2-8(10)11/h4-5,9H,2-3H2,1H3,(H,10,11). The lowest BCUT2D eigenvalue weighted by atomic mass is 10.3. The number of aryl methyl sites for hydroxylation is 1. The maximum Gasteiger partial charge on any atom is 0.305 e. The molecule has 1 rings (SSSR count). The summed E-state index contributed by atoms with van der Waals surface area (Å²) in [6.07, 6.45) is 0.162. The van der Waals surface area contributed by atoms with Crippen molar-refractivity contribution >= 4 is 23.0 Å². The largest absolute Gasteiger partial charge is 0.481 e. The second kappa shape index (κ2) is 4.11. The molecule has 0 aromatic carbocycles. The zero-order chi connectivity index (χ0) is 8.97. The van der Waals surface area contributed by atoms with Gasteiger partial charge in [-0.25, -0.2) is 0 Å². The normalized spacial score (nSPS) is 9.75. The average Bonchev–Trinajstić information content (AvgIpc) is 2.36. The predicted octanol–water partition coefficient (Wildman–Crippen LogP) is 1.94. The van der Waals surface area contributed by atoms with E-state index in [4.69, 9.17) is 5.11 Å². The number of rotatable bonds is 4. The van der Waals surface area contributed by atoms with E-state index in [1.807, 2.05) is 17.7 Å². The maximum atomic E-state index is 10.2. The first kappa shape index (κ1) is 9.06. The smallest absolute Gasteiger partial charge is 0.305 e. The van der Waals surface area contributed by atoms with Crippen LogP contribution >= 0.6 is 11.3 Å². The fourth-order valence-electron chi connectivity index (χ4n) is 0.846. The van der Waals surface area contributed by atoms with Crippen LogP contribution in [0.2, 0.25) is 0 Å². The van der Waals surface area contributed by atoms with Gasteiger partial charge in [-0.3, -0.25) is 4.79 Å². The lowest BCUT2D eigenvalue weighted by Gasteiger charge is -2.02. The highest BCUT2D eigenvalue weighted by Crippen LogP contribution is 2.18. The minimum atomic E-state index is -0.768.